The van der Waals surface area contributed by atoms with Crippen LogP contribution in [0.15, 0.2) is 30.5 Å². The van der Waals surface area contributed by atoms with Crippen LogP contribution in [0.4, 0.5) is 0 Å². The largest absolute Gasteiger partial charge is 0.467 e. The zero-order valence-electron chi connectivity index (χ0n) is 24.6. The lowest BCUT2D eigenvalue weighted by Crippen LogP contribution is -2.70. The van der Waals surface area contributed by atoms with E-state index in [2.05, 4.69) is 17.2 Å². The second kappa shape index (κ2) is 11.3. The first kappa shape index (κ1) is 29.1. The first-order valence-electron chi connectivity index (χ1n) is 15.0. The van der Waals surface area contributed by atoms with Crippen molar-refractivity contribution >= 4 is 28.7 Å². The Morgan fingerprint density at radius 2 is 1.90 bits per heavy atom. The molecule has 1 aromatic carbocycles. The maximum absolute atomic E-state index is 12.9. The van der Waals surface area contributed by atoms with Gasteiger partial charge in [-0.3, -0.25) is 9.59 Å². The van der Waals surface area contributed by atoms with Gasteiger partial charge in [-0.1, -0.05) is 32.0 Å². The number of fused-ring (bicyclic) bond motifs is 3. The molecular weight excluding hydrogens is 544 g/mol. The molecule has 5 heterocycles. The highest BCUT2D eigenvalue weighted by molar-refractivity contribution is 5.88. The molecule has 1 aliphatic carbocycles. The summed E-state index contributed by atoms with van der Waals surface area (Å²) in [6.45, 7) is 6.09. The van der Waals surface area contributed by atoms with Gasteiger partial charge in [-0.25, -0.2) is 14.6 Å². The lowest BCUT2D eigenvalue weighted by atomic mass is 9.58. The van der Waals surface area contributed by atoms with Gasteiger partial charge in [0.15, 0.2) is 11.9 Å². The molecule has 9 atom stereocenters. The summed E-state index contributed by atoms with van der Waals surface area (Å²) >= 11 is 0. The number of hydrogen-bond acceptors (Lipinski definition) is 9. The second-order valence-electron chi connectivity index (χ2n) is 12.5. The van der Waals surface area contributed by atoms with Crippen molar-refractivity contribution < 1.29 is 43.1 Å². The summed E-state index contributed by atoms with van der Waals surface area (Å²) in [5, 5.41) is 3.68. The van der Waals surface area contributed by atoms with E-state index in [1.807, 2.05) is 44.3 Å². The second-order valence-corrected chi connectivity index (χ2v) is 12.5. The highest BCUT2D eigenvalue weighted by Gasteiger charge is 2.69. The standard InChI is InChI=1S/C31H40N2O9/c1-17-9-10-22-18(2)28(39-29-31(22)21(17)13-14-30(3,40-29)41-42-31)38-26(35)12-11-25(34)33-24(27(36)37-4)15-19-16-32-23-8-6-5-7-20(19)23/h5-8,16-18,21-22,24,28-29,32H,9-15H2,1-4H3,(H,33,34)/t17-,18-,21+,22+,24-,28-,29-,30+,31-/m1/s1. The zero-order valence-corrected chi connectivity index (χ0v) is 24.6. The molecule has 2 bridgehead atoms. The van der Waals surface area contributed by atoms with Gasteiger partial charge in [-0.05, 0) is 49.7 Å². The number of benzene rings is 1. The van der Waals surface area contributed by atoms with Crippen molar-refractivity contribution in [1.29, 1.82) is 0 Å². The molecule has 1 saturated carbocycles. The number of aromatic nitrogens is 1. The van der Waals surface area contributed by atoms with E-state index in [9.17, 15) is 14.4 Å². The Labute approximate surface area is 244 Å². The Bertz CT molecular complexity index is 1340. The molecule has 0 radical (unpaired) electrons. The fourth-order valence-corrected chi connectivity index (χ4v) is 7.53. The number of hydrogen-bond donors (Lipinski definition) is 2. The van der Waals surface area contributed by atoms with Gasteiger partial charge in [0.1, 0.15) is 6.04 Å². The molecule has 228 valence electrons. The maximum Gasteiger partial charge on any atom is 0.328 e. The number of carbonyl (C=O) groups excluding carboxylic acids is 3. The number of carbonyl (C=O) groups is 3. The lowest BCUT2D eigenvalue weighted by Gasteiger charge is -2.59. The first-order chi connectivity index (χ1) is 20.1. The molecular formula is C31H40N2O9. The average molecular weight is 585 g/mol. The van der Waals surface area contributed by atoms with Crippen LogP contribution in [0.1, 0.15) is 64.9 Å². The SMILES string of the molecule is COC(=O)[C@@H](Cc1c[nH]c2ccccc12)NC(=O)CCC(=O)O[C@@H]1O[C@@H]2O[C@]3(C)CC[C@H]4[C@H](C)CC[C@@H]([C@H]1C)[C@@]24OO3. The van der Waals surface area contributed by atoms with Gasteiger partial charge in [0.25, 0.3) is 0 Å². The normalized spacial score (nSPS) is 36.0. The molecule has 4 aliphatic heterocycles. The minimum atomic E-state index is -0.923. The minimum Gasteiger partial charge on any atom is -0.467 e. The number of rotatable bonds is 8. The van der Waals surface area contributed by atoms with E-state index in [1.165, 1.54) is 7.11 Å². The van der Waals surface area contributed by atoms with Gasteiger partial charge in [0.2, 0.25) is 18.0 Å². The van der Waals surface area contributed by atoms with Crippen molar-refractivity contribution in [3.63, 3.8) is 0 Å². The Balaban J connectivity index is 1.07. The van der Waals surface area contributed by atoms with Crippen LogP contribution in [0.25, 0.3) is 10.9 Å². The maximum atomic E-state index is 12.9. The number of methoxy groups -OCH3 is 1. The molecule has 5 aliphatic rings. The van der Waals surface area contributed by atoms with Gasteiger partial charge < -0.3 is 29.2 Å². The Morgan fingerprint density at radius 3 is 2.71 bits per heavy atom. The van der Waals surface area contributed by atoms with E-state index in [-0.39, 0.29) is 37.0 Å². The molecule has 1 spiro atoms. The highest BCUT2D eigenvalue weighted by Crippen LogP contribution is 2.60. The molecule has 5 fully saturated rings. The number of para-hydroxylation sites is 1. The fourth-order valence-electron chi connectivity index (χ4n) is 7.53. The first-order valence-corrected chi connectivity index (χ1v) is 15.0. The average Bonchev–Trinajstić information content (AvgIpc) is 3.24. The van der Waals surface area contributed by atoms with E-state index >= 15 is 0 Å². The molecule has 11 heteroatoms. The number of esters is 2. The van der Waals surface area contributed by atoms with Gasteiger partial charge >= 0.3 is 11.9 Å². The third kappa shape index (κ3) is 5.10. The van der Waals surface area contributed by atoms with Gasteiger partial charge in [0, 0.05) is 48.2 Å². The molecule has 11 nitrogen and oxygen atoms in total. The summed E-state index contributed by atoms with van der Waals surface area (Å²) in [6.07, 6.45) is 3.70. The summed E-state index contributed by atoms with van der Waals surface area (Å²) in [6, 6.07) is 6.81. The van der Waals surface area contributed by atoms with Crippen LogP contribution in [-0.4, -0.2) is 59.9 Å². The topological polar surface area (TPSA) is 134 Å². The van der Waals surface area contributed by atoms with Crippen molar-refractivity contribution in [3.05, 3.63) is 36.0 Å². The predicted molar refractivity (Wildman–Crippen MR) is 148 cm³/mol. The lowest BCUT2D eigenvalue weighted by molar-refractivity contribution is -0.576. The Morgan fingerprint density at radius 1 is 1.10 bits per heavy atom. The van der Waals surface area contributed by atoms with Crippen LogP contribution < -0.4 is 5.32 Å². The van der Waals surface area contributed by atoms with Gasteiger partial charge in [0.05, 0.1) is 13.5 Å². The minimum absolute atomic E-state index is 0.0199. The molecule has 2 aromatic rings. The number of aromatic amines is 1. The highest BCUT2D eigenvalue weighted by atomic mass is 17.3. The number of nitrogens with one attached hydrogen (secondary N) is 2. The van der Waals surface area contributed by atoms with Crippen molar-refractivity contribution in [2.24, 2.45) is 23.7 Å². The van der Waals surface area contributed by atoms with Crippen LogP contribution in [0.3, 0.4) is 0 Å². The van der Waals surface area contributed by atoms with E-state index < -0.39 is 47.9 Å². The third-order valence-corrected chi connectivity index (χ3v) is 9.82. The van der Waals surface area contributed by atoms with Crippen LogP contribution >= 0.6 is 0 Å². The molecule has 1 aromatic heterocycles. The smallest absolute Gasteiger partial charge is 0.328 e. The molecule has 7 rings (SSSR count). The van der Waals surface area contributed by atoms with Crippen molar-refractivity contribution in [3.8, 4) is 0 Å². The number of ether oxygens (including phenoxy) is 4. The predicted octanol–water partition coefficient (Wildman–Crippen LogP) is 3.90. The van der Waals surface area contributed by atoms with E-state index in [0.717, 1.165) is 35.7 Å². The van der Waals surface area contributed by atoms with E-state index in [0.29, 0.717) is 12.3 Å². The zero-order chi connectivity index (χ0) is 29.6. The van der Waals surface area contributed by atoms with Gasteiger partial charge in [-0.2, -0.15) is 0 Å². The van der Waals surface area contributed by atoms with Crippen LogP contribution in [0.5, 0.6) is 0 Å². The quantitative estimate of drug-likeness (QED) is 0.350. The summed E-state index contributed by atoms with van der Waals surface area (Å²) in [4.78, 5) is 53.4. The third-order valence-electron chi connectivity index (χ3n) is 9.82. The summed E-state index contributed by atoms with van der Waals surface area (Å²) in [5.74, 6) is -2.01. The molecule has 1 amide bonds. The van der Waals surface area contributed by atoms with Crippen LogP contribution in [0.2, 0.25) is 0 Å². The van der Waals surface area contributed by atoms with Crippen LogP contribution in [-0.2, 0) is 49.5 Å². The van der Waals surface area contributed by atoms with Crippen molar-refractivity contribution in [1.82, 2.24) is 10.3 Å². The van der Waals surface area contributed by atoms with E-state index in [4.69, 9.17) is 28.7 Å². The summed E-state index contributed by atoms with van der Waals surface area (Å²) in [5.41, 5.74) is 1.06. The Kier molecular flexibility index (Phi) is 7.80. The number of H-pyrrole nitrogens is 1. The fraction of sp³-hybridized carbons (Fsp3) is 0.645. The van der Waals surface area contributed by atoms with E-state index in [1.54, 1.807) is 0 Å². The van der Waals surface area contributed by atoms with Crippen molar-refractivity contribution in [2.75, 3.05) is 7.11 Å². The number of amides is 1. The monoisotopic (exact) mass is 584 g/mol. The van der Waals surface area contributed by atoms with Gasteiger partial charge in [-0.15, -0.1) is 0 Å². The van der Waals surface area contributed by atoms with Crippen LogP contribution in [0, 0.1) is 23.7 Å². The molecule has 42 heavy (non-hydrogen) atoms. The summed E-state index contributed by atoms with van der Waals surface area (Å²) < 4.78 is 23.3. The molecule has 2 N–H and O–H groups in total. The molecule has 0 unspecified atom stereocenters. The Hall–Kier alpha value is -2.99. The molecule has 4 saturated heterocycles. The summed E-state index contributed by atoms with van der Waals surface area (Å²) in [7, 11) is 1.28. The van der Waals surface area contributed by atoms with Crippen molar-refractivity contribution in [2.45, 2.75) is 95.7 Å².